The standard InChI is InChI=1S/C20H19N5OS2/c1-2-25-8-7-13-11(10-25)9-12-16(21)17(28-19(12)22-13)18(26)24-20-23-14-5-3-4-6-15(14)27-20/h3-6,9H,2,7-8,10,21H2,1H3,(H,23,24,26). The van der Waals surface area contributed by atoms with E-state index in [1.54, 1.807) is 0 Å². The van der Waals surface area contributed by atoms with Gasteiger partial charge in [0, 0.05) is 30.6 Å². The zero-order valence-electron chi connectivity index (χ0n) is 15.4. The zero-order chi connectivity index (χ0) is 19.3. The fraction of sp³-hybridized carbons (Fsp3) is 0.250. The average Bonchev–Trinajstić information content (AvgIpc) is 3.26. The van der Waals surface area contributed by atoms with Crippen LogP contribution in [0.4, 0.5) is 10.8 Å². The molecule has 0 aliphatic carbocycles. The van der Waals surface area contributed by atoms with Crippen LogP contribution in [-0.2, 0) is 13.0 Å². The molecule has 0 atom stereocenters. The molecule has 28 heavy (non-hydrogen) atoms. The summed E-state index contributed by atoms with van der Waals surface area (Å²) in [5.41, 5.74) is 10.1. The number of nitrogens with one attached hydrogen (secondary N) is 1. The van der Waals surface area contributed by atoms with E-state index in [-0.39, 0.29) is 5.91 Å². The van der Waals surface area contributed by atoms with Crippen LogP contribution in [0, 0.1) is 0 Å². The molecule has 0 spiro atoms. The number of thiazole rings is 1. The number of nitrogen functional groups attached to an aromatic ring is 1. The van der Waals surface area contributed by atoms with Crippen LogP contribution < -0.4 is 11.1 Å². The number of pyridine rings is 1. The number of nitrogens with two attached hydrogens (primary N) is 1. The lowest BCUT2D eigenvalue weighted by Crippen LogP contribution is -2.30. The van der Waals surface area contributed by atoms with Crippen molar-refractivity contribution in [3.8, 4) is 0 Å². The lowest BCUT2D eigenvalue weighted by Gasteiger charge is -2.26. The summed E-state index contributed by atoms with van der Waals surface area (Å²) in [6.07, 6.45) is 0.935. The van der Waals surface area contributed by atoms with Gasteiger partial charge in [-0.1, -0.05) is 30.4 Å². The molecule has 0 saturated heterocycles. The van der Waals surface area contributed by atoms with Crippen molar-refractivity contribution in [1.82, 2.24) is 14.9 Å². The zero-order valence-corrected chi connectivity index (χ0v) is 17.0. The van der Waals surface area contributed by atoms with Crippen LogP contribution in [0.25, 0.3) is 20.4 Å². The summed E-state index contributed by atoms with van der Waals surface area (Å²) in [6, 6.07) is 9.93. The molecule has 3 aromatic heterocycles. The fourth-order valence-electron chi connectivity index (χ4n) is 3.57. The van der Waals surface area contributed by atoms with Crippen molar-refractivity contribution in [2.75, 3.05) is 24.1 Å². The van der Waals surface area contributed by atoms with Crippen molar-refractivity contribution < 1.29 is 4.79 Å². The number of likely N-dealkylation sites (N-methyl/N-ethyl adjacent to an activating group) is 1. The largest absolute Gasteiger partial charge is 0.397 e. The molecule has 5 rings (SSSR count). The van der Waals surface area contributed by atoms with E-state index in [9.17, 15) is 4.79 Å². The Bertz CT molecular complexity index is 1180. The number of aromatic nitrogens is 2. The van der Waals surface area contributed by atoms with Gasteiger partial charge in [-0.25, -0.2) is 9.97 Å². The number of hydrogen-bond acceptors (Lipinski definition) is 7. The first-order valence-electron chi connectivity index (χ1n) is 9.22. The highest BCUT2D eigenvalue weighted by Gasteiger charge is 2.22. The lowest BCUT2D eigenvalue weighted by atomic mass is 10.0. The molecule has 0 fully saturated rings. The number of carbonyl (C=O) groups is 1. The van der Waals surface area contributed by atoms with Crippen molar-refractivity contribution in [2.45, 2.75) is 19.9 Å². The molecular formula is C20H19N5OS2. The molecule has 0 unspecified atom stereocenters. The van der Waals surface area contributed by atoms with Gasteiger partial charge in [0.2, 0.25) is 0 Å². The number of hydrogen-bond donors (Lipinski definition) is 2. The first-order chi connectivity index (χ1) is 13.6. The third-order valence-electron chi connectivity index (χ3n) is 5.12. The van der Waals surface area contributed by atoms with Crippen LogP contribution in [-0.4, -0.2) is 33.9 Å². The number of carbonyl (C=O) groups excluding carboxylic acids is 1. The monoisotopic (exact) mass is 409 g/mol. The lowest BCUT2D eigenvalue weighted by molar-refractivity contribution is 0.103. The number of amides is 1. The predicted octanol–water partition coefficient (Wildman–Crippen LogP) is 4.12. The summed E-state index contributed by atoms with van der Waals surface area (Å²) in [6.45, 7) is 5.10. The van der Waals surface area contributed by atoms with Crippen LogP contribution in [0.1, 0.15) is 27.9 Å². The molecule has 1 amide bonds. The third-order valence-corrected chi connectivity index (χ3v) is 7.18. The minimum absolute atomic E-state index is 0.229. The van der Waals surface area contributed by atoms with Gasteiger partial charge < -0.3 is 5.73 Å². The van der Waals surface area contributed by atoms with E-state index in [1.165, 1.54) is 28.2 Å². The molecule has 0 radical (unpaired) electrons. The summed E-state index contributed by atoms with van der Waals surface area (Å²) in [7, 11) is 0. The first-order valence-corrected chi connectivity index (χ1v) is 10.9. The van der Waals surface area contributed by atoms with Crippen LogP contribution in [0.2, 0.25) is 0 Å². The summed E-state index contributed by atoms with van der Waals surface area (Å²) < 4.78 is 1.04. The summed E-state index contributed by atoms with van der Waals surface area (Å²) >= 11 is 2.81. The van der Waals surface area contributed by atoms with Crippen molar-refractivity contribution in [3.63, 3.8) is 0 Å². The van der Waals surface area contributed by atoms with E-state index in [2.05, 4.69) is 28.2 Å². The summed E-state index contributed by atoms with van der Waals surface area (Å²) in [5.74, 6) is -0.229. The van der Waals surface area contributed by atoms with E-state index in [0.29, 0.717) is 15.7 Å². The van der Waals surface area contributed by atoms with Crippen molar-refractivity contribution >= 4 is 59.8 Å². The molecule has 142 valence electrons. The Morgan fingerprint density at radius 1 is 1.29 bits per heavy atom. The number of fused-ring (bicyclic) bond motifs is 3. The smallest absolute Gasteiger partial charge is 0.269 e. The molecule has 1 aliphatic heterocycles. The Morgan fingerprint density at radius 3 is 2.96 bits per heavy atom. The maximum absolute atomic E-state index is 12.9. The third kappa shape index (κ3) is 2.94. The van der Waals surface area contributed by atoms with Gasteiger partial charge in [0.15, 0.2) is 5.13 Å². The van der Waals surface area contributed by atoms with Crippen molar-refractivity contribution in [2.24, 2.45) is 0 Å². The van der Waals surface area contributed by atoms with E-state index >= 15 is 0 Å². The second-order valence-corrected chi connectivity index (χ2v) is 8.88. The second kappa shape index (κ2) is 6.80. The van der Waals surface area contributed by atoms with Gasteiger partial charge >= 0.3 is 0 Å². The highest BCUT2D eigenvalue weighted by atomic mass is 32.1. The molecule has 4 aromatic rings. The van der Waals surface area contributed by atoms with Gasteiger partial charge in [-0.05, 0) is 30.3 Å². The van der Waals surface area contributed by atoms with Crippen molar-refractivity contribution in [3.05, 3.63) is 46.5 Å². The number of benzene rings is 1. The van der Waals surface area contributed by atoms with E-state index < -0.39 is 0 Å². The van der Waals surface area contributed by atoms with Gasteiger partial charge in [-0.3, -0.25) is 15.0 Å². The summed E-state index contributed by atoms with van der Waals surface area (Å²) in [4.78, 5) is 25.8. The summed E-state index contributed by atoms with van der Waals surface area (Å²) in [5, 5.41) is 4.35. The number of para-hydroxylation sites is 1. The maximum atomic E-state index is 12.9. The Hall–Kier alpha value is -2.55. The highest BCUT2D eigenvalue weighted by Crippen LogP contribution is 2.36. The Balaban J connectivity index is 1.48. The van der Waals surface area contributed by atoms with Crippen LogP contribution in [0.5, 0.6) is 0 Å². The van der Waals surface area contributed by atoms with Crippen LogP contribution in [0.15, 0.2) is 30.3 Å². The molecule has 1 aromatic carbocycles. The molecule has 6 nitrogen and oxygen atoms in total. The SMILES string of the molecule is CCN1CCc2nc3sc(C(=O)Nc4nc5ccccc5s4)c(N)c3cc2C1. The minimum atomic E-state index is -0.229. The molecule has 1 aliphatic rings. The van der Waals surface area contributed by atoms with Gasteiger partial charge in [0.25, 0.3) is 5.91 Å². The van der Waals surface area contributed by atoms with E-state index in [0.717, 1.165) is 52.2 Å². The Kier molecular flexibility index (Phi) is 4.26. The molecule has 0 bridgehead atoms. The average molecular weight is 410 g/mol. The highest BCUT2D eigenvalue weighted by molar-refractivity contribution is 7.23. The number of anilines is 2. The fourth-order valence-corrected chi connectivity index (χ4v) is 5.43. The van der Waals surface area contributed by atoms with E-state index in [1.807, 2.05) is 24.3 Å². The first kappa shape index (κ1) is 17.5. The van der Waals surface area contributed by atoms with E-state index in [4.69, 9.17) is 10.7 Å². The quantitative estimate of drug-likeness (QED) is 0.532. The van der Waals surface area contributed by atoms with Gasteiger partial charge in [0.1, 0.15) is 9.71 Å². The molecular weight excluding hydrogens is 390 g/mol. The number of rotatable bonds is 3. The van der Waals surface area contributed by atoms with Gasteiger partial charge in [-0.2, -0.15) is 0 Å². The van der Waals surface area contributed by atoms with Crippen LogP contribution in [0.3, 0.4) is 0 Å². The minimum Gasteiger partial charge on any atom is -0.397 e. The molecule has 4 heterocycles. The van der Waals surface area contributed by atoms with Crippen LogP contribution >= 0.6 is 22.7 Å². The predicted molar refractivity (Wildman–Crippen MR) is 116 cm³/mol. The normalized spacial score (nSPS) is 14.5. The van der Waals surface area contributed by atoms with Crippen molar-refractivity contribution in [1.29, 1.82) is 0 Å². The molecule has 8 heteroatoms. The number of thiophene rings is 1. The molecule has 0 saturated carbocycles. The maximum Gasteiger partial charge on any atom is 0.269 e. The topological polar surface area (TPSA) is 84.1 Å². The Morgan fingerprint density at radius 2 is 2.14 bits per heavy atom. The van der Waals surface area contributed by atoms with Gasteiger partial charge in [-0.15, -0.1) is 11.3 Å². The second-order valence-electron chi connectivity index (χ2n) is 6.85. The Labute approximate surface area is 170 Å². The molecule has 3 N–H and O–H groups in total. The van der Waals surface area contributed by atoms with Gasteiger partial charge in [0.05, 0.1) is 15.9 Å². The number of nitrogens with zero attached hydrogens (tertiary/aromatic N) is 3.